The van der Waals surface area contributed by atoms with Gasteiger partial charge in [-0.25, -0.2) is 0 Å². The van der Waals surface area contributed by atoms with Crippen molar-refractivity contribution in [3.63, 3.8) is 0 Å². The van der Waals surface area contributed by atoms with Crippen molar-refractivity contribution in [3.05, 3.63) is 35.9 Å². The quantitative estimate of drug-likeness (QED) is 0.839. The standard InChI is InChI=1S/C15H20F3NO3/c1-11(20)8-19(9-13-6-4-3-5-7-13)14(21)12(2)22-10-15(16,17)18/h3-7,11-12,20H,8-10H2,1-2H3/t11-,12+/m0/s1. The average molecular weight is 319 g/mol. The summed E-state index contributed by atoms with van der Waals surface area (Å²) in [6.45, 7) is 1.52. The number of benzene rings is 1. The first-order valence-corrected chi connectivity index (χ1v) is 6.88. The largest absolute Gasteiger partial charge is 0.411 e. The first-order chi connectivity index (χ1) is 10.2. The molecule has 0 saturated heterocycles. The van der Waals surface area contributed by atoms with Crippen LogP contribution >= 0.6 is 0 Å². The van der Waals surface area contributed by atoms with E-state index in [0.29, 0.717) is 0 Å². The molecule has 1 amide bonds. The molecular formula is C15H20F3NO3. The number of nitrogens with zero attached hydrogens (tertiary/aromatic N) is 1. The molecule has 0 saturated carbocycles. The van der Waals surface area contributed by atoms with Crippen molar-refractivity contribution in [2.75, 3.05) is 13.2 Å². The SMILES string of the molecule is C[C@H](O)CN(Cc1ccccc1)C(=O)[C@@H](C)OCC(F)(F)F. The van der Waals surface area contributed by atoms with Crippen molar-refractivity contribution < 1.29 is 27.8 Å². The van der Waals surface area contributed by atoms with Gasteiger partial charge in [-0.1, -0.05) is 30.3 Å². The predicted molar refractivity (Wildman–Crippen MR) is 75.0 cm³/mol. The van der Waals surface area contributed by atoms with Gasteiger partial charge in [-0.05, 0) is 19.4 Å². The highest BCUT2D eigenvalue weighted by Crippen LogP contribution is 2.16. The topological polar surface area (TPSA) is 49.8 Å². The minimum absolute atomic E-state index is 0.0213. The molecule has 1 aromatic rings. The molecule has 124 valence electrons. The van der Waals surface area contributed by atoms with Gasteiger partial charge in [0, 0.05) is 13.1 Å². The number of carbonyl (C=O) groups is 1. The molecule has 1 N–H and O–H groups in total. The van der Waals surface area contributed by atoms with E-state index < -0.39 is 30.9 Å². The Labute approximate surface area is 127 Å². The fourth-order valence-corrected chi connectivity index (χ4v) is 1.90. The number of amides is 1. The van der Waals surface area contributed by atoms with Crippen LogP contribution in [0.25, 0.3) is 0 Å². The average Bonchev–Trinajstić information content (AvgIpc) is 2.43. The van der Waals surface area contributed by atoms with Crippen LogP contribution in [0.1, 0.15) is 19.4 Å². The van der Waals surface area contributed by atoms with E-state index in [9.17, 15) is 23.1 Å². The summed E-state index contributed by atoms with van der Waals surface area (Å²) in [6.07, 6.45) is -6.50. The van der Waals surface area contributed by atoms with Crippen LogP contribution in [0.5, 0.6) is 0 Å². The summed E-state index contributed by atoms with van der Waals surface area (Å²) in [5.41, 5.74) is 0.819. The Morgan fingerprint density at radius 2 is 1.86 bits per heavy atom. The molecule has 0 aliphatic rings. The molecule has 2 atom stereocenters. The van der Waals surface area contributed by atoms with Gasteiger partial charge in [-0.3, -0.25) is 4.79 Å². The summed E-state index contributed by atoms with van der Waals surface area (Å²) < 4.78 is 41.0. The predicted octanol–water partition coefficient (Wildman–Crippen LogP) is 2.36. The smallest absolute Gasteiger partial charge is 0.392 e. The van der Waals surface area contributed by atoms with E-state index in [1.54, 1.807) is 24.3 Å². The number of aliphatic hydroxyl groups excluding tert-OH is 1. The molecule has 1 rings (SSSR count). The number of aliphatic hydroxyl groups is 1. The third kappa shape index (κ3) is 6.91. The van der Waals surface area contributed by atoms with Crippen LogP contribution in [-0.2, 0) is 16.1 Å². The third-order valence-corrected chi connectivity index (χ3v) is 2.86. The second-order valence-corrected chi connectivity index (χ2v) is 5.12. The van der Waals surface area contributed by atoms with E-state index in [0.717, 1.165) is 5.56 Å². The molecule has 0 aliphatic carbocycles. The van der Waals surface area contributed by atoms with Crippen molar-refractivity contribution in [2.24, 2.45) is 0 Å². The highest BCUT2D eigenvalue weighted by atomic mass is 19.4. The van der Waals surface area contributed by atoms with Crippen molar-refractivity contribution in [1.82, 2.24) is 4.90 Å². The lowest BCUT2D eigenvalue weighted by atomic mass is 10.2. The number of hydrogen-bond donors (Lipinski definition) is 1. The van der Waals surface area contributed by atoms with Crippen LogP contribution in [0.3, 0.4) is 0 Å². The Morgan fingerprint density at radius 1 is 1.27 bits per heavy atom. The Bertz CT molecular complexity index is 463. The summed E-state index contributed by atoms with van der Waals surface area (Å²) in [6, 6.07) is 9.00. The zero-order valence-corrected chi connectivity index (χ0v) is 12.5. The van der Waals surface area contributed by atoms with Crippen LogP contribution in [0.4, 0.5) is 13.2 Å². The minimum atomic E-state index is -4.48. The monoisotopic (exact) mass is 319 g/mol. The number of alkyl halides is 3. The maximum absolute atomic E-state index is 12.2. The van der Waals surface area contributed by atoms with Crippen LogP contribution in [0.15, 0.2) is 30.3 Å². The fraction of sp³-hybridized carbons (Fsp3) is 0.533. The molecule has 0 aliphatic heterocycles. The first kappa shape index (κ1) is 18.4. The van der Waals surface area contributed by atoms with Gasteiger partial charge in [0.1, 0.15) is 12.7 Å². The van der Waals surface area contributed by atoms with Crippen LogP contribution in [0.2, 0.25) is 0 Å². The van der Waals surface area contributed by atoms with E-state index >= 15 is 0 Å². The van der Waals surface area contributed by atoms with Gasteiger partial charge >= 0.3 is 6.18 Å². The van der Waals surface area contributed by atoms with E-state index in [1.807, 2.05) is 6.07 Å². The Hall–Kier alpha value is -1.60. The maximum atomic E-state index is 12.2. The lowest BCUT2D eigenvalue weighted by molar-refractivity contribution is -0.189. The molecule has 4 nitrogen and oxygen atoms in total. The van der Waals surface area contributed by atoms with E-state index in [1.165, 1.54) is 18.7 Å². The lowest BCUT2D eigenvalue weighted by Crippen LogP contribution is -2.43. The second-order valence-electron chi connectivity index (χ2n) is 5.12. The molecule has 22 heavy (non-hydrogen) atoms. The third-order valence-electron chi connectivity index (χ3n) is 2.86. The number of ether oxygens (including phenoxy) is 1. The molecule has 7 heteroatoms. The summed E-state index contributed by atoms with van der Waals surface area (Å²) >= 11 is 0. The van der Waals surface area contributed by atoms with E-state index in [4.69, 9.17) is 0 Å². The Balaban J connectivity index is 2.71. The molecular weight excluding hydrogens is 299 g/mol. The van der Waals surface area contributed by atoms with Gasteiger partial charge in [0.2, 0.25) is 0 Å². The van der Waals surface area contributed by atoms with Gasteiger partial charge in [0.15, 0.2) is 0 Å². The number of hydrogen-bond acceptors (Lipinski definition) is 3. The van der Waals surface area contributed by atoms with E-state index in [2.05, 4.69) is 4.74 Å². The molecule has 0 heterocycles. The molecule has 0 bridgehead atoms. The van der Waals surface area contributed by atoms with Gasteiger partial charge < -0.3 is 14.7 Å². The van der Waals surface area contributed by atoms with Crippen LogP contribution < -0.4 is 0 Å². The second kappa shape index (κ2) is 8.14. The lowest BCUT2D eigenvalue weighted by Gasteiger charge is -2.27. The van der Waals surface area contributed by atoms with Crippen molar-refractivity contribution in [2.45, 2.75) is 38.8 Å². The van der Waals surface area contributed by atoms with Crippen LogP contribution in [0, 0.1) is 0 Å². The molecule has 0 fully saturated rings. The normalized spacial score (nSPS) is 14.5. The maximum Gasteiger partial charge on any atom is 0.411 e. The Kier molecular flexibility index (Phi) is 6.83. The van der Waals surface area contributed by atoms with Gasteiger partial charge in [0.05, 0.1) is 6.10 Å². The van der Waals surface area contributed by atoms with Gasteiger partial charge in [-0.15, -0.1) is 0 Å². The number of halogens is 3. The van der Waals surface area contributed by atoms with Crippen molar-refractivity contribution in [1.29, 1.82) is 0 Å². The molecule has 1 aromatic carbocycles. The summed E-state index contributed by atoms with van der Waals surface area (Å²) in [7, 11) is 0. The minimum Gasteiger partial charge on any atom is -0.392 e. The summed E-state index contributed by atoms with van der Waals surface area (Å²) in [4.78, 5) is 13.5. The zero-order chi connectivity index (χ0) is 16.8. The summed E-state index contributed by atoms with van der Waals surface area (Å²) in [5, 5.41) is 9.48. The zero-order valence-electron chi connectivity index (χ0n) is 12.5. The number of carbonyl (C=O) groups excluding carboxylic acids is 1. The molecule has 0 unspecified atom stereocenters. The van der Waals surface area contributed by atoms with E-state index in [-0.39, 0.29) is 13.1 Å². The molecule has 0 spiro atoms. The van der Waals surface area contributed by atoms with Gasteiger partial charge in [0.25, 0.3) is 5.91 Å². The number of rotatable bonds is 7. The highest BCUT2D eigenvalue weighted by molar-refractivity contribution is 5.80. The Morgan fingerprint density at radius 3 is 2.36 bits per heavy atom. The van der Waals surface area contributed by atoms with Gasteiger partial charge in [-0.2, -0.15) is 13.2 Å². The molecule has 0 aromatic heterocycles. The van der Waals surface area contributed by atoms with Crippen molar-refractivity contribution >= 4 is 5.91 Å². The fourth-order valence-electron chi connectivity index (χ4n) is 1.90. The van der Waals surface area contributed by atoms with Crippen LogP contribution in [-0.4, -0.2) is 47.4 Å². The molecule has 0 radical (unpaired) electrons. The van der Waals surface area contributed by atoms with Crippen molar-refractivity contribution in [3.8, 4) is 0 Å². The first-order valence-electron chi connectivity index (χ1n) is 6.88. The summed E-state index contributed by atoms with van der Waals surface area (Å²) in [5.74, 6) is -0.589. The highest BCUT2D eigenvalue weighted by Gasteiger charge is 2.31.